The summed E-state index contributed by atoms with van der Waals surface area (Å²) in [7, 11) is 3.29. The van der Waals surface area contributed by atoms with Crippen LogP contribution in [-0.4, -0.2) is 57.2 Å². The molecule has 2 amide bonds. The van der Waals surface area contributed by atoms with E-state index in [0.29, 0.717) is 13.1 Å². The van der Waals surface area contributed by atoms with Gasteiger partial charge >= 0.3 is 0 Å². The van der Waals surface area contributed by atoms with Crippen LogP contribution in [-0.2, 0) is 14.4 Å². The van der Waals surface area contributed by atoms with Crippen molar-refractivity contribution in [1.82, 2.24) is 15.4 Å². The third-order valence-corrected chi connectivity index (χ3v) is 3.38. The van der Waals surface area contributed by atoms with Crippen molar-refractivity contribution in [1.29, 1.82) is 0 Å². The first kappa shape index (κ1) is 19.6. The van der Waals surface area contributed by atoms with Crippen molar-refractivity contribution in [2.75, 3.05) is 20.1 Å². The predicted molar refractivity (Wildman–Crippen MR) is 85.6 cm³/mol. The van der Waals surface area contributed by atoms with Crippen LogP contribution < -0.4 is 10.5 Å². The molecule has 6 nitrogen and oxygen atoms in total. The molecule has 1 unspecified atom stereocenters. The summed E-state index contributed by atoms with van der Waals surface area (Å²) < 4.78 is 0. The molecule has 0 aliphatic rings. The Morgan fingerprint density at radius 3 is 2.57 bits per heavy atom. The molecule has 0 rings (SSSR count). The number of rotatable bonds is 12. The molecule has 0 saturated heterocycles. The van der Waals surface area contributed by atoms with E-state index in [1.807, 2.05) is 0 Å². The molecule has 0 aliphatic heterocycles. The zero-order valence-electron chi connectivity index (χ0n) is 13.5. The molecule has 0 aromatic heterocycles. The average Bonchev–Trinajstić information content (AvgIpc) is 2.49. The molecular formula is C14H28BN3O3. The van der Waals surface area contributed by atoms with Crippen molar-refractivity contribution in [2.24, 2.45) is 0 Å². The van der Waals surface area contributed by atoms with Crippen LogP contribution in [0.5, 0.6) is 0 Å². The van der Waals surface area contributed by atoms with Gasteiger partial charge in [0.2, 0.25) is 11.8 Å². The number of unbranched alkanes of at least 4 members (excludes halogenated alkanes) is 3. The zero-order valence-corrected chi connectivity index (χ0v) is 13.5. The Labute approximate surface area is 128 Å². The number of nitrogens with one attached hydrogen (secondary N) is 2. The Kier molecular flexibility index (Phi) is 11.6. The van der Waals surface area contributed by atoms with Crippen LogP contribution in [0, 0.1) is 0 Å². The lowest BCUT2D eigenvalue weighted by atomic mass is 10.1. The molecular weight excluding hydrogens is 269 g/mol. The fourth-order valence-electron chi connectivity index (χ4n) is 1.95. The maximum absolute atomic E-state index is 12.0. The van der Waals surface area contributed by atoms with Crippen LogP contribution in [0.2, 0.25) is 0 Å². The quantitative estimate of drug-likeness (QED) is 0.293. The average molecular weight is 297 g/mol. The Hall–Kier alpha value is -1.37. The summed E-state index contributed by atoms with van der Waals surface area (Å²) in [4.78, 5) is 35.6. The SMILES string of the molecule is BNC(CC=O)C(=O)N(C)CCC(=O)NCCCCCC. The predicted octanol–water partition coefficient (Wildman–Crippen LogP) is -0.373. The number of carbonyl (C=O) groups excluding carboxylic acids is 3. The zero-order chi connectivity index (χ0) is 16.1. The first-order chi connectivity index (χ1) is 10.1. The van der Waals surface area contributed by atoms with E-state index in [-0.39, 0.29) is 24.7 Å². The van der Waals surface area contributed by atoms with Crippen LogP contribution in [0.3, 0.4) is 0 Å². The molecule has 1 atom stereocenters. The van der Waals surface area contributed by atoms with Gasteiger partial charge in [-0.1, -0.05) is 26.2 Å². The fraction of sp³-hybridized carbons (Fsp3) is 0.786. The summed E-state index contributed by atoms with van der Waals surface area (Å²) in [6.45, 7) is 3.20. The molecule has 0 aliphatic carbocycles. The smallest absolute Gasteiger partial charge is 0.238 e. The minimum atomic E-state index is -0.510. The van der Waals surface area contributed by atoms with Crippen molar-refractivity contribution in [3.8, 4) is 0 Å². The van der Waals surface area contributed by atoms with Crippen molar-refractivity contribution >= 4 is 26.1 Å². The molecule has 0 saturated carbocycles. The molecule has 21 heavy (non-hydrogen) atoms. The number of hydrogen-bond donors (Lipinski definition) is 2. The van der Waals surface area contributed by atoms with Crippen LogP contribution in [0.4, 0.5) is 0 Å². The normalized spacial score (nSPS) is 11.7. The minimum absolute atomic E-state index is 0.0393. The molecule has 0 aromatic carbocycles. The van der Waals surface area contributed by atoms with Gasteiger partial charge in [0, 0.05) is 33.0 Å². The molecule has 0 fully saturated rings. The van der Waals surface area contributed by atoms with Gasteiger partial charge in [0.05, 0.1) is 6.04 Å². The molecule has 0 spiro atoms. The molecule has 7 heteroatoms. The van der Waals surface area contributed by atoms with Crippen molar-refractivity contribution in [3.05, 3.63) is 0 Å². The summed E-state index contributed by atoms with van der Waals surface area (Å²) in [5.74, 6) is -0.206. The van der Waals surface area contributed by atoms with Crippen molar-refractivity contribution < 1.29 is 14.4 Å². The second-order valence-electron chi connectivity index (χ2n) is 5.16. The summed E-state index contributed by atoms with van der Waals surface area (Å²) in [5.41, 5.74) is 0. The Bertz CT molecular complexity index is 327. The van der Waals surface area contributed by atoms with Gasteiger partial charge in [-0.2, -0.15) is 0 Å². The topological polar surface area (TPSA) is 78.5 Å². The molecule has 120 valence electrons. The fourth-order valence-corrected chi connectivity index (χ4v) is 1.95. The Morgan fingerprint density at radius 1 is 1.29 bits per heavy atom. The summed E-state index contributed by atoms with van der Waals surface area (Å²) >= 11 is 0. The minimum Gasteiger partial charge on any atom is -0.356 e. The number of likely N-dealkylation sites (N-methyl/N-ethyl adjacent to an activating group) is 1. The second-order valence-corrected chi connectivity index (χ2v) is 5.16. The van der Waals surface area contributed by atoms with Gasteiger partial charge in [0.1, 0.15) is 6.29 Å². The third kappa shape index (κ3) is 9.23. The number of nitrogens with zero attached hydrogens (tertiary/aromatic N) is 1. The van der Waals surface area contributed by atoms with Gasteiger partial charge in [-0.25, -0.2) is 0 Å². The van der Waals surface area contributed by atoms with Gasteiger partial charge in [0.25, 0.3) is 0 Å². The molecule has 0 aromatic rings. The van der Waals surface area contributed by atoms with E-state index in [2.05, 4.69) is 17.5 Å². The second kappa shape index (κ2) is 12.4. The lowest BCUT2D eigenvalue weighted by molar-refractivity contribution is -0.133. The van der Waals surface area contributed by atoms with Crippen LogP contribution in [0.15, 0.2) is 0 Å². The summed E-state index contributed by atoms with van der Waals surface area (Å²) in [5, 5.41) is 5.66. The van der Waals surface area contributed by atoms with Gasteiger partial charge in [-0.3, -0.25) is 9.59 Å². The van der Waals surface area contributed by atoms with E-state index < -0.39 is 6.04 Å². The Morgan fingerprint density at radius 2 is 2.00 bits per heavy atom. The van der Waals surface area contributed by atoms with E-state index in [4.69, 9.17) is 0 Å². The van der Waals surface area contributed by atoms with Gasteiger partial charge in [0.15, 0.2) is 7.98 Å². The monoisotopic (exact) mass is 297 g/mol. The highest BCUT2D eigenvalue weighted by atomic mass is 16.2. The maximum atomic E-state index is 12.0. The standard InChI is InChI=1S/C14H28BN3O3/c1-3-4-5-6-9-16-13(20)7-10-18(2)14(21)12(17-15)8-11-19/h11-12,17H,3-10,15H2,1-2H3,(H,16,20). The molecule has 0 radical (unpaired) electrons. The van der Waals surface area contributed by atoms with E-state index in [1.54, 1.807) is 15.0 Å². The number of hydrogen-bond acceptors (Lipinski definition) is 4. The van der Waals surface area contributed by atoms with Crippen LogP contribution in [0.25, 0.3) is 0 Å². The maximum Gasteiger partial charge on any atom is 0.238 e. The van der Waals surface area contributed by atoms with Crippen molar-refractivity contribution in [2.45, 2.75) is 51.5 Å². The Balaban J connectivity index is 3.89. The summed E-state index contributed by atoms with van der Waals surface area (Å²) in [6, 6.07) is -0.510. The molecule has 2 N–H and O–H groups in total. The van der Waals surface area contributed by atoms with Crippen LogP contribution in [0.1, 0.15) is 45.4 Å². The van der Waals surface area contributed by atoms with E-state index in [9.17, 15) is 14.4 Å². The number of amides is 2. The summed E-state index contributed by atoms with van der Waals surface area (Å²) in [6.07, 6.45) is 5.64. The van der Waals surface area contributed by atoms with Gasteiger partial charge in [-0.15, -0.1) is 0 Å². The highest BCUT2D eigenvalue weighted by Gasteiger charge is 2.19. The number of aldehydes is 1. The first-order valence-electron chi connectivity index (χ1n) is 7.69. The first-order valence-corrected chi connectivity index (χ1v) is 7.69. The third-order valence-electron chi connectivity index (χ3n) is 3.38. The van der Waals surface area contributed by atoms with Gasteiger partial charge in [-0.05, 0) is 6.42 Å². The van der Waals surface area contributed by atoms with E-state index in [1.165, 1.54) is 17.7 Å². The van der Waals surface area contributed by atoms with Crippen LogP contribution >= 0.6 is 0 Å². The van der Waals surface area contributed by atoms with Crippen molar-refractivity contribution in [3.63, 3.8) is 0 Å². The van der Waals surface area contributed by atoms with E-state index >= 15 is 0 Å². The lowest BCUT2D eigenvalue weighted by Gasteiger charge is -2.22. The highest BCUT2D eigenvalue weighted by Crippen LogP contribution is 1.99. The molecule has 0 bridgehead atoms. The highest BCUT2D eigenvalue weighted by molar-refractivity contribution is 6.07. The largest absolute Gasteiger partial charge is 0.356 e. The number of carbonyl (C=O) groups is 3. The molecule has 0 heterocycles. The van der Waals surface area contributed by atoms with Gasteiger partial charge < -0.3 is 20.2 Å². The lowest BCUT2D eigenvalue weighted by Crippen LogP contribution is -2.45. The van der Waals surface area contributed by atoms with E-state index in [0.717, 1.165) is 19.1 Å².